The van der Waals surface area contributed by atoms with Gasteiger partial charge in [-0.3, -0.25) is 4.79 Å². The second kappa shape index (κ2) is 7.12. The zero-order valence-electron chi connectivity index (χ0n) is 14.5. The third-order valence-corrected chi connectivity index (χ3v) is 8.37. The topological polar surface area (TPSA) is 59.4 Å². The molecule has 2 aliphatic heterocycles. The average Bonchev–Trinajstić information content (AvgIpc) is 3.25. The molecule has 7 heteroatoms. The van der Waals surface area contributed by atoms with Crippen molar-refractivity contribution in [3.8, 4) is 0 Å². The van der Waals surface area contributed by atoms with Gasteiger partial charge in [0.25, 0.3) is 0 Å². The number of aromatic nitrogens is 1. The van der Waals surface area contributed by atoms with Crippen LogP contribution in [0.3, 0.4) is 0 Å². The third kappa shape index (κ3) is 3.55. The lowest BCUT2D eigenvalue weighted by Gasteiger charge is -2.37. The van der Waals surface area contributed by atoms with Gasteiger partial charge in [-0.1, -0.05) is 30.3 Å². The number of fused-ring (bicyclic) bond motifs is 1. The molecular formula is C19H22N2O3S2. The Balaban J connectivity index is 1.52. The minimum atomic E-state index is -2.90. The van der Waals surface area contributed by atoms with Crippen LogP contribution >= 0.6 is 11.8 Å². The van der Waals surface area contributed by atoms with Crippen molar-refractivity contribution in [2.75, 3.05) is 23.8 Å². The Hall–Kier alpha value is -1.73. The van der Waals surface area contributed by atoms with Gasteiger partial charge in [0.1, 0.15) is 0 Å². The fraction of sp³-hybridized carbons (Fsp3) is 0.421. The van der Waals surface area contributed by atoms with Gasteiger partial charge in [-0.15, -0.1) is 11.8 Å². The van der Waals surface area contributed by atoms with E-state index in [1.165, 1.54) is 11.8 Å². The minimum absolute atomic E-state index is 0.0489. The van der Waals surface area contributed by atoms with Crippen LogP contribution in [-0.2, 0) is 21.2 Å². The van der Waals surface area contributed by atoms with E-state index in [9.17, 15) is 13.2 Å². The van der Waals surface area contributed by atoms with Crippen LogP contribution in [0.4, 0.5) is 0 Å². The van der Waals surface area contributed by atoms with Crippen molar-refractivity contribution in [2.45, 2.75) is 24.3 Å². The van der Waals surface area contributed by atoms with E-state index in [1.54, 1.807) is 0 Å². The molecule has 1 amide bonds. The zero-order valence-corrected chi connectivity index (χ0v) is 16.1. The molecule has 0 spiro atoms. The first kappa shape index (κ1) is 17.7. The highest BCUT2D eigenvalue weighted by Crippen LogP contribution is 2.33. The van der Waals surface area contributed by atoms with Crippen LogP contribution in [0, 0.1) is 0 Å². The van der Waals surface area contributed by atoms with Crippen molar-refractivity contribution in [3.63, 3.8) is 0 Å². The van der Waals surface area contributed by atoms with Crippen LogP contribution in [0.1, 0.15) is 23.7 Å². The Morgan fingerprint density at radius 1 is 1.12 bits per heavy atom. The lowest BCUT2D eigenvalue weighted by atomic mass is 10.00. The van der Waals surface area contributed by atoms with E-state index in [2.05, 4.69) is 29.0 Å². The number of carbonyl (C=O) groups excluding carboxylic acids is 1. The van der Waals surface area contributed by atoms with E-state index in [0.717, 1.165) is 17.8 Å². The second-order valence-corrected chi connectivity index (χ2v) is 10.4. The Kier molecular flexibility index (Phi) is 4.84. The first-order chi connectivity index (χ1) is 12.5. The quantitative estimate of drug-likeness (QED) is 0.804. The molecule has 1 aromatic heterocycles. The molecule has 4 rings (SSSR count). The molecule has 26 heavy (non-hydrogen) atoms. The summed E-state index contributed by atoms with van der Waals surface area (Å²) in [6.07, 6.45) is 2.72. The number of hydrogen-bond acceptors (Lipinski definition) is 4. The van der Waals surface area contributed by atoms with Crippen molar-refractivity contribution in [1.29, 1.82) is 0 Å². The van der Waals surface area contributed by atoms with E-state index in [4.69, 9.17) is 0 Å². The predicted molar refractivity (Wildman–Crippen MR) is 104 cm³/mol. The van der Waals surface area contributed by atoms with Gasteiger partial charge in [0, 0.05) is 30.2 Å². The van der Waals surface area contributed by atoms with Crippen LogP contribution < -0.4 is 0 Å². The monoisotopic (exact) mass is 390 g/mol. The number of sulfone groups is 1. The SMILES string of the molecule is O=C(CSC1CCS(=O)(=O)C1)N1CCn2cccc2C1c1ccccc1. The van der Waals surface area contributed by atoms with Crippen LogP contribution in [0.5, 0.6) is 0 Å². The van der Waals surface area contributed by atoms with Crippen molar-refractivity contribution in [2.24, 2.45) is 0 Å². The molecule has 2 aromatic rings. The highest BCUT2D eigenvalue weighted by atomic mass is 32.2. The molecule has 2 unspecified atom stereocenters. The van der Waals surface area contributed by atoms with Crippen LogP contribution in [-0.4, -0.2) is 52.8 Å². The summed E-state index contributed by atoms with van der Waals surface area (Å²) in [6, 6.07) is 14.1. The summed E-state index contributed by atoms with van der Waals surface area (Å²) in [7, 11) is -2.90. The summed E-state index contributed by atoms with van der Waals surface area (Å²) in [4.78, 5) is 14.9. The molecular weight excluding hydrogens is 368 g/mol. The normalized spacial score (nSPS) is 24.4. The number of nitrogens with zero attached hydrogens (tertiary/aromatic N) is 2. The van der Waals surface area contributed by atoms with Gasteiger partial charge < -0.3 is 9.47 Å². The Bertz CT molecular complexity index is 893. The maximum atomic E-state index is 13.0. The molecule has 2 atom stereocenters. The molecule has 138 valence electrons. The first-order valence-electron chi connectivity index (χ1n) is 8.85. The molecule has 5 nitrogen and oxygen atoms in total. The summed E-state index contributed by atoms with van der Waals surface area (Å²) in [6.45, 7) is 1.46. The number of hydrogen-bond donors (Lipinski definition) is 0. The number of amides is 1. The zero-order chi connectivity index (χ0) is 18.1. The maximum Gasteiger partial charge on any atom is 0.233 e. The summed E-state index contributed by atoms with van der Waals surface area (Å²) >= 11 is 1.49. The van der Waals surface area contributed by atoms with Crippen molar-refractivity contribution in [1.82, 2.24) is 9.47 Å². The second-order valence-electron chi connectivity index (χ2n) is 6.86. The fourth-order valence-corrected chi connectivity index (χ4v) is 7.33. The maximum absolute atomic E-state index is 13.0. The van der Waals surface area contributed by atoms with Gasteiger partial charge in [-0.25, -0.2) is 8.42 Å². The van der Waals surface area contributed by atoms with Crippen molar-refractivity contribution >= 4 is 27.5 Å². The Morgan fingerprint density at radius 2 is 1.92 bits per heavy atom. The van der Waals surface area contributed by atoms with Gasteiger partial charge in [0.15, 0.2) is 9.84 Å². The molecule has 0 saturated carbocycles. The van der Waals surface area contributed by atoms with E-state index >= 15 is 0 Å². The smallest absolute Gasteiger partial charge is 0.233 e. The molecule has 1 aromatic carbocycles. The summed E-state index contributed by atoms with van der Waals surface area (Å²) in [5.41, 5.74) is 2.23. The highest BCUT2D eigenvalue weighted by Gasteiger charge is 2.33. The van der Waals surface area contributed by atoms with E-state index < -0.39 is 9.84 Å². The van der Waals surface area contributed by atoms with E-state index in [1.807, 2.05) is 29.2 Å². The molecule has 1 fully saturated rings. The van der Waals surface area contributed by atoms with Crippen LogP contribution in [0.2, 0.25) is 0 Å². The van der Waals surface area contributed by atoms with Gasteiger partial charge in [0.2, 0.25) is 5.91 Å². The number of carbonyl (C=O) groups is 1. The summed E-state index contributed by atoms with van der Waals surface area (Å²) in [5, 5.41) is 0.0489. The van der Waals surface area contributed by atoms with Gasteiger partial charge in [-0.05, 0) is 24.1 Å². The molecule has 1 saturated heterocycles. The predicted octanol–water partition coefficient (Wildman–Crippen LogP) is 2.34. The van der Waals surface area contributed by atoms with Gasteiger partial charge >= 0.3 is 0 Å². The fourth-order valence-electron chi connectivity index (χ4n) is 3.80. The lowest BCUT2D eigenvalue weighted by molar-refractivity contribution is -0.131. The van der Waals surface area contributed by atoms with E-state index in [0.29, 0.717) is 18.7 Å². The summed E-state index contributed by atoms with van der Waals surface area (Å²) < 4.78 is 25.4. The lowest BCUT2D eigenvalue weighted by Crippen LogP contribution is -2.43. The number of benzene rings is 1. The minimum Gasteiger partial charge on any atom is -0.348 e. The number of thioether (sulfide) groups is 1. The first-order valence-corrected chi connectivity index (χ1v) is 11.7. The number of rotatable bonds is 4. The van der Waals surface area contributed by atoms with E-state index in [-0.39, 0.29) is 28.7 Å². The molecule has 2 aliphatic rings. The average molecular weight is 391 g/mol. The van der Waals surface area contributed by atoms with Crippen LogP contribution in [0.15, 0.2) is 48.7 Å². The Morgan fingerprint density at radius 3 is 2.65 bits per heavy atom. The van der Waals surface area contributed by atoms with Gasteiger partial charge in [0.05, 0.1) is 23.3 Å². The Labute approximate surface area is 158 Å². The van der Waals surface area contributed by atoms with Crippen molar-refractivity contribution < 1.29 is 13.2 Å². The van der Waals surface area contributed by atoms with Crippen molar-refractivity contribution in [3.05, 3.63) is 59.9 Å². The molecule has 0 N–H and O–H groups in total. The third-order valence-electron chi connectivity index (χ3n) is 5.11. The molecule has 3 heterocycles. The highest BCUT2D eigenvalue weighted by molar-refractivity contribution is 8.02. The summed E-state index contributed by atoms with van der Waals surface area (Å²) in [5.74, 6) is 0.878. The van der Waals surface area contributed by atoms with Gasteiger partial charge in [-0.2, -0.15) is 0 Å². The molecule has 0 bridgehead atoms. The van der Waals surface area contributed by atoms with Crippen LogP contribution in [0.25, 0.3) is 0 Å². The standard InChI is InChI=1S/C19H22N2O3S2/c22-18(13-25-16-8-12-26(23,24)14-16)21-11-10-20-9-4-7-17(20)19(21)15-5-2-1-3-6-15/h1-7,9,16,19H,8,10-14H2. The molecule has 0 aliphatic carbocycles. The largest absolute Gasteiger partial charge is 0.348 e. The molecule has 0 radical (unpaired) electrons.